The molecule has 0 atom stereocenters. The second kappa shape index (κ2) is 4.42. The lowest BCUT2D eigenvalue weighted by Crippen LogP contribution is -2.08. The van der Waals surface area contributed by atoms with Gasteiger partial charge in [0.05, 0.1) is 5.56 Å². The lowest BCUT2D eigenvalue weighted by molar-refractivity contribution is -0.140. The van der Waals surface area contributed by atoms with Crippen LogP contribution in [0, 0.1) is 5.82 Å². The van der Waals surface area contributed by atoms with Crippen LogP contribution in [0.4, 0.5) is 17.6 Å². The normalized spacial score (nSPS) is 12.3. The number of halogens is 4. The summed E-state index contributed by atoms with van der Waals surface area (Å²) in [5.41, 5.74) is -1.02. The lowest BCUT2D eigenvalue weighted by atomic mass is 10.1. The third kappa shape index (κ3) is 3.04. The molecule has 0 radical (unpaired) electrons. The number of hydrogen-bond acceptors (Lipinski definition) is 1. The number of aliphatic imine (C=N–C) groups is 1. The molecule has 1 aromatic rings. The van der Waals surface area contributed by atoms with Crippen LogP contribution in [-0.2, 0) is 6.18 Å². The molecule has 1 aromatic carbocycles. The second-order valence-corrected chi connectivity index (χ2v) is 2.86. The van der Waals surface area contributed by atoms with Gasteiger partial charge in [0.2, 0.25) is 0 Å². The van der Waals surface area contributed by atoms with E-state index < -0.39 is 17.6 Å². The van der Waals surface area contributed by atoms with E-state index in [1.54, 1.807) is 6.92 Å². The standard InChI is InChI=1S/C10H9F4N/c1-2-15-6-7-3-4-9(11)8(5-7)10(12,13)14/h3-6H,2H2,1H3/b15-6+. The minimum absolute atomic E-state index is 0.241. The zero-order valence-corrected chi connectivity index (χ0v) is 7.98. The molecular formula is C10H9F4N. The van der Waals surface area contributed by atoms with Gasteiger partial charge in [0.1, 0.15) is 5.82 Å². The van der Waals surface area contributed by atoms with Gasteiger partial charge in [0.25, 0.3) is 0 Å². The van der Waals surface area contributed by atoms with E-state index in [9.17, 15) is 17.6 Å². The zero-order valence-electron chi connectivity index (χ0n) is 7.98. The fraction of sp³-hybridized carbons (Fsp3) is 0.300. The molecule has 0 bridgehead atoms. The first kappa shape index (κ1) is 11.7. The van der Waals surface area contributed by atoms with E-state index >= 15 is 0 Å². The second-order valence-electron chi connectivity index (χ2n) is 2.86. The molecule has 0 aliphatic rings. The highest BCUT2D eigenvalue weighted by Crippen LogP contribution is 2.31. The summed E-state index contributed by atoms with van der Waals surface area (Å²) >= 11 is 0. The Morgan fingerprint density at radius 3 is 2.53 bits per heavy atom. The molecule has 0 spiro atoms. The van der Waals surface area contributed by atoms with Crippen LogP contribution < -0.4 is 0 Å². The van der Waals surface area contributed by atoms with E-state index in [4.69, 9.17) is 0 Å². The van der Waals surface area contributed by atoms with E-state index in [1.165, 1.54) is 12.3 Å². The fourth-order valence-electron chi connectivity index (χ4n) is 1.04. The molecule has 0 saturated heterocycles. The van der Waals surface area contributed by atoms with Gasteiger partial charge in [0.15, 0.2) is 0 Å². The Morgan fingerprint density at radius 1 is 1.33 bits per heavy atom. The van der Waals surface area contributed by atoms with Crippen LogP contribution in [0.2, 0.25) is 0 Å². The molecule has 0 saturated carbocycles. The Bertz CT molecular complexity index is 368. The fourth-order valence-corrected chi connectivity index (χ4v) is 1.04. The van der Waals surface area contributed by atoms with Gasteiger partial charge in [-0.25, -0.2) is 4.39 Å². The van der Waals surface area contributed by atoms with Gasteiger partial charge < -0.3 is 0 Å². The molecule has 5 heteroatoms. The van der Waals surface area contributed by atoms with Crippen molar-refractivity contribution in [3.05, 3.63) is 35.1 Å². The molecule has 0 aliphatic heterocycles. The molecule has 0 unspecified atom stereocenters. The van der Waals surface area contributed by atoms with Crippen molar-refractivity contribution in [1.29, 1.82) is 0 Å². The minimum Gasteiger partial charge on any atom is -0.293 e. The number of nitrogens with zero attached hydrogens (tertiary/aromatic N) is 1. The first-order chi connectivity index (χ1) is 6.95. The highest BCUT2D eigenvalue weighted by atomic mass is 19.4. The Morgan fingerprint density at radius 2 is 2.00 bits per heavy atom. The third-order valence-electron chi connectivity index (χ3n) is 1.72. The van der Waals surface area contributed by atoms with E-state index in [0.717, 1.165) is 12.1 Å². The predicted molar refractivity (Wildman–Crippen MR) is 49.5 cm³/mol. The van der Waals surface area contributed by atoms with Crippen LogP contribution in [-0.4, -0.2) is 12.8 Å². The molecule has 0 amide bonds. The van der Waals surface area contributed by atoms with Gasteiger partial charge in [-0.15, -0.1) is 0 Å². The molecular weight excluding hydrogens is 210 g/mol. The maximum atomic E-state index is 12.8. The summed E-state index contributed by atoms with van der Waals surface area (Å²) in [5, 5.41) is 0. The van der Waals surface area contributed by atoms with Crippen molar-refractivity contribution in [2.24, 2.45) is 4.99 Å². The Kier molecular flexibility index (Phi) is 3.44. The van der Waals surface area contributed by atoms with Gasteiger partial charge in [-0.3, -0.25) is 4.99 Å². The van der Waals surface area contributed by atoms with Crippen LogP contribution in [0.3, 0.4) is 0 Å². The number of hydrogen-bond donors (Lipinski definition) is 0. The van der Waals surface area contributed by atoms with Crippen molar-refractivity contribution in [3.63, 3.8) is 0 Å². The maximum absolute atomic E-state index is 12.8. The van der Waals surface area contributed by atoms with Gasteiger partial charge in [0, 0.05) is 12.8 Å². The monoisotopic (exact) mass is 219 g/mol. The summed E-state index contributed by atoms with van der Waals surface area (Å²) in [6, 6.07) is 2.79. The average Bonchev–Trinajstić information content (AvgIpc) is 2.15. The van der Waals surface area contributed by atoms with E-state index in [-0.39, 0.29) is 5.56 Å². The average molecular weight is 219 g/mol. The summed E-state index contributed by atoms with van der Waals surface area (Å²) in [7, 11) is 0. The van der Waals surface area contributed by atoms with Crippen molar-refractivity contribution < 1.29 is 17.6 Å². The van der Waals surface area contributed by atoms with Crippen LogP contribution in [0.1, 0.15) is 18.1 Å². The van der Waals surface area contributed by atoms with Crippen molar-refractivity contribution in [2.75, 3.05) is 6.54 Å². The van der Waals surface area contributed by atoms with E-state index in [0.29, 0.717) is 6.54 Å². The van der Waals surface area contributed by atoms with E-state index in [2.05, 4.69) is 4.99 Å². The van der Waals surface area contributed by atoms with Gasteiger partial charge in [-0.2, -0.15) is 13.2 Å². The molecule has 0 fully saturated rings. The first-order valence-corrected chi connectivity index (χ1v) is 4.31. The van der Waals surface area contributed by atoms with Gasteiger partial charge in [-0.05, 0) is 24.6 Å². The molecule has 1 nitrogen and oxygen atoms in total. The Labute approximate surface area is 84.4 Å². The van der Waals surface area contributed by atoms with Crippen LogP contribution in [0.15, 0.2) is 23.2 Å². The van der Waals surface area contributed by atoms with Gasteiger partial charge in [-0.1, -0.05) is 6.07 Å². The van der Waals surface area contributed by atoms with Crippen LogP contribution in [0.25, 0.3) is 0 Å². The highest BCUT2D eigenvalue weighted by molar-refractivity contribution is 5.79. The maximum Gasteiger partial charge on any atom is 0.419 e. The summed E-state index contributed by atoms with van der Waals surface area (Å²) in [4.78, 5) is 3.78. The predicted octanol–water partition coefficient (Wildman–Crippen LogP) is 3.28. The van der Waals surface area contributed by atoms with Crippen molar-refractivity contribution in [3.8, 4) is 0 Å². The topological polar surface area (TPSA) is 12.4 Å². The molecule has 0 N–H and O–H groups in total. The quantitative estimate of drug-likeness (QED) is 0.534. The molecule has 15 heavy (non-hydrogen) atoms. The highest BCUT2D eigenvalue weighted by Gasteiger charge is 2.33. The van der Waals surface area contributed by atoms with Crippen molar-refractivity contribution >= 4 is 6.21 Å². The number of alkyl halides is 3. The number of benzene rings is 1. The smallest absolute Gasteiger partial charge is 0.293 e. The SMILES string of the molecule is CC/N=C/c1ccc(F)c(C(F)(F)F)c1. The summed E-state index contributed by atoms with van der Waals surface area (Å²) in [6.07, 6.45) is -3.38. The first-order valence-electron chi connectivity index (χ1n) is 4.31. The van der Waals surface area contributed by atoms with Crippen molar-refractivity contribution in [1.82, 2.24) is 0 Å². The molecule has 0 heterocycles. The molecule has 0 aliphatic carbocycles. The van der Waals surface area contributed by atoms with Crippen molar-refractivity contribution in [2.45, 2.75) is 13.1 Å². The zero-order chi connectivity index (χ0) is 11.5. The minimum atomic E-state index is -4.67. The third-order valence-corrected chi connectivity index (χ3v) is 1.72. The lowest BCUT2D eigenvalue weighted by Gasteiger charge is -2.08. The molecule has 0 aromatic heterocycles. The van der Waals surface area contributed by atoms with Gasteiger partial charge >= 0.3 is 6.18 Å². The molecule has 82 valence electrons. The summed E-state index contributed by atoms with van der Waals surface area (Å²) in [6.45, 7) is 2.23. The number of rotatable bonds is 2. The summed E-state index contributed by atoms with van der Waals surface area (Å²) < 4.78 is 49.6. The van der Waals surface area contributed by atoms with Crippen LogP contribution >= 0.6 is 0 Å². The summed E-state index contributed by atoms with van der Waals surface area (Å²) in [5.74, 6) is -1.27. The van der Waals surface area contributed by atoms with E-state index in [1.807, 2.05) is 0 Å². The Hall–Kier alpha value is -1.39. The Balaban J connectivity index is 3.11. The van der Waals surface area contributed by atoms with Crippen LogP contribution in [0.5, 0.6) is 0 Å². The molecule has 1 rings (SSSR count). The largest absolute Gasteiger partial charge is 0.419 e.